The quantitative estimate of drug-likeness (QED) is 0.719. The number of aliphatic hydroxyl groups is 1. The number of ether oxygens (including phenoxy) is 2. The fourth-order valence-electron chi connectivity index (χ4n) is 4.99. The maximum absolute atomic E-state index is 11.7. The number of carbonyl (C=O) groups excluding carboxylic acids is 1. The molecule has 0 spiro atoms. The number of rotatable bonds is 6. The molecule has 2 aliphatic heterocycles. The molecule has 2 N–H and O–H groups in total. The van der Waals surface area contributed by atoms with E-state index in [0.717, 1.165) is 55.8 Å². The standard InChI is InChI=1S/C26H32N2O4/c29-24-17-28(16-18-5-9-21(10-6-18)31-20-3-1-2-4-20)14-13-25(24)32-22-11-7-19-8-12-26(30)27-23(19)15-22/h5-7,9-11,15,20,24-25,29H,1-4,8,12-14,16-17H2,(H,27,30)/t24-,25-/m1/s1. The fraction of sp³-hybridized carbons (Fsp3) is 0.500. The van der Waals surface area contributed by atoms with Gasteiger partial charge in [0.1, 0.15) is 23.7 Å². The number of piperidine rings is 1. The van der Waals surface area contributed by atoms with Gasteiger partial charge in [-0.3, -0.25) is 9.69 Å². The average molecular weight is 437 g/mol. The minimum atomic E-state index is -0.556. The second-order valence-electron chi connectivity index (χ2n) is 9.28. The van der Waals surface area contributed by atoms with Crippen molar-refractivity contribution < 1.29 is 19.4 Å². The van der Waals surface area contributed by atoms with Crippen LogP contribution in [0.4, 0.5) is 5.69 Å². The van der Waals surface area contributed by atoms with Crippen molar-refractivity contribution in [2.24, 2.45) is 0 Å². The molecule has 0 radical (unpaired) electrons. The Bertz CT molecular complexity index is 939. The minimum absolute atomic E-state index is 0.0427. The highest BCUT2D eigenvalue weighted by atomic mass is 16.5. The van der Waals surface area contributed by atoms with Crippen LogP contribution in [0.15, 0.2) is 42.5 Å². The Morgan fingerprint density at radius 2 is 1.75 bits per heavy atom. The fourth-order valence-corrected chi connectivity index (χ4v) is 4.99. The molecule has 3 aliphatic rings. The van der Waals surface area contributed by atoms with Gasteiger partial charge in [-0.05, 0) is 67.9 Å². The summed E-state index contributed by atoms with van der Waals surface area (Å²) in [7, 11) is 0. The maximum atomic E-state index is 11.7. The summed E-state index contributed by atoms with van der Waals surface area (Å²) in [5.74, 6) is 1.69. The van der Waals surface area contributed by atoms with E-state index in [9.17, 15) is 9.90 Å². The van der Waals surface area contributed by atoms with E-state index in [1.54, 1.807) is 0 Å². The van der Waals surface area contributed by atoms with Crippen molar-refractivity contribution in [2.75, 3.05) is 18.4 Å². The number of amides is 1. The lowest BCUT2D eigenvalue weighted by Gasteiger charge is -2.36. The SMILES string of the molecule is O=C1CCc2ccc(O[C@@H]3CCN(Cc4ccc(OC5CCCC5)cc4)C[C@H]3O)cc2N1. The van der Waals surface area contributed by atoms with Crippen LogP contribution in [-0.4, -0.2) is 47.3 Å². The van der Waals surface area contributed by atoms with Crippen LogP contribution < -0.4 is 14.8 Å². The number of anilines is 1. The number of fused-ring (bicyclic) bond motifs is 1. The van der Waals surface area contributed by atoms with Gasteiger partial charge in [0.25, 0.3) is 0 Å². The van der Waals surface area contributed by atoms with E-state index in [2.05, 4.69) is 34.5 Å². The average Bonchev–Trinajstić information content (AvgIpc) is 3.30. The molecule has 1 saturated carbocycles. The Morgan fingerprint density at radius 1 is 0.969 bits per heavy atom. The van der Waals surface area contributed by atoms with Crippen LogP contribution >= 0.6 is 0 Å². The Hall–Kier alpha value is -2.57. The number of benzene rings is 2. The summed E-state index contributed by atoms with van der Waals surface area (Å²) in [6, 6.07) is 14.2. The summed E-state index contributed by atoms with van der Waals surface area (Å²) in [6.07, 6.45) is 6.49. The van der Waals surface area contributed by atoms with E-state index in [0.29, 0.717) is 24.8 Å². The van der Waals surface area contributed by atoms with Gasteiger partial charge in [-0.15, -0.1) is 0 Å². The first-order valence-corrected chi connectivity index (χ1v) is 11.9. The van der Waals surface area contributed by atoms with E-state index in [-0.39, 0.29) is 12.0 Å². The van der Waals surface area contributed by atoms with Crippen LogP contribution in [0.1, 0.15) is 49.7 Å². The molecule has 2 aromatic rings. The molecule has 1 amide bonds. The van der Waals surface area contributed by atoms with Gasteiger partial charge < -0.3 is 19.9 Å². The van der Waals surface area contributed by atoms with Gasteiger partial charge in [-0.25, -0.2) is 0 Å². The number of hydrogen-bond donors (Lipinski definition) is 2. The third kappa shape index (κ3) is 5.08. The summed E-state index contributed by atoms with van der Waals surface area (Å²) in [4.78, 5) is 13.9. The largest absolute Gasteiger partial charge is 0.490 e. The van der Waals surface area contributed by atoms with E-state index < -0.39 is 6.10 Å². The predicted molar refractivity (Wildman–Crippen MR) is 123 cm³/mol. The molecule has 0 unspecified atom stereocenters. The van der Waals surface area contributed by atoms with Crippen LogP contribution in [0.2, 0.25) is 0 Å². The molecule has 2 atom stereocenters. The topological polar surface area (TPSA) is 71.0 Å². The first kappa shape index (κ1) is 21.3. The maximum Gasteiger partial charge on any atom is 0.224 e. The number of β-amino-alcohol motifs (C(OH)–C–C–N with tert-alkyl or cyclic N) is 1. The lowest BCUT2D eigenvalue weighted by Crippen LogP contribution is -2.48. The molecule has 1 saturated heterocycles. The summed E-state index contributed by atoms with van der Waals surface area (Å²) < 4.78 is 12.2. The van der Waals surface area contributed by atoms with Gasteiger partial charge in [0.15, 0.2) is 0 Å². The molecule has 5 rings (SSSR count). The molecule has 6 heteroatoms. The van der Waals surface area contributed by atoms with E-state index in [1.807, 2.05) is 18.2 Å². The van der Waals surface area contributed by atoms with Gasteiger partial charge in [0.2, 0.25) is 5.91 Å². The zero-order chi connectivity index (χ0) is 21.9. The van der Waals surface area contributed by atoms with E-state index in [4.69, 9.17) is 9.47 Å². The number of nitrogens with zero attached hydrogens (tertiary/aromatic N) is 1. The first-order chi connectivity index (χ1) is 15.6. The van der Waals surface area contributed by atoms with Gasteiger partial charge in [-0.2, -0.15) is 0 Å². The molecule has 2 aromatic carbocycles. The monoisotopic (exact) mass is 436 g/mol. The lowest BCUT2D eigenvalue weighted by molar-refractivity contribution is -0.116. The van der Waals surface area contributed by atoms with E-state index >= 15 is 0 Å². The van der Waals surface area contributed by atoms with Crippen molar-refractivity contribution in [3.63, 3.8) is 0 Å². The smallest absolute Gasteiger partial charge is 0.224 e. The Kier molecular flexibility index (Phi) is 6.32. The zero-order valence-electron chi connectivity index (χ0n) is 18.5. The van der Waals surface area contributed by atoms with Crippen LogP contribution in [-0.2, 0) is 17.8 Å². The van der Waals surface area contributed by atoms with Gasteiger partial charge in [0.05, 0.1) is 6.10 Å². The minimum Gasteiger partial charge on any atom is -0.490 e. The Balaban J connectivity index is 1.13. The third-order valence-corrected chi connectivity index (χ3v) is 6.80. The molecule has 1 aliphatic carbocycles. The number of carbonyl (C=O) groups is 1. The van der Waals surface area contributed by atoms with Crippen molar-refractivity contribution in [2.45, 2.75) is 69.8 Å². The van der Waals surface area contributed by atoms with Crippen molar-refractivity contribution in [3.8, 4) is 11.5 Å². The van der Waals surface area contributed by atoms with Gasteiger partial charge in [0, 0.05) is 37.8 Å². The molecule has 170 valence electrons. The molecule has 6 nitrogen and oxygen atoms in total. The number of likely N-dealkylation sites (tertiary alicyclic amines) is 1. The summed E-state index contributed by atoms with van der Waals surface area (Å²) >= 11 is 0. The summed E-state index contributed by atoms with van der Waals surface area (Å²) in [5, 5.41) is 13.6. The second kappa shape index (κ2) is 9.51. The number of aryl methyl sites for hydroxylation is 1. The zero-order valence-corrected chi connectivity index (χ0v) is 18.5. The number of hydrogen-bond acceptors (Lipinski definition) is 5. The normalized spacial score (nSPS) is 24.1. The van der Waals surface area contributed by atoms with Gasteiger partial charge in [-0.1, -0.05) is 18.2 Å². The summed E-state index contributed by atoms with van der Waals surface area (Å²) in [6.45, 7) is 2.24. The molecule has 0 aromatic heterocycles. The molecule has 0 bridgehead atoms. The number of nitrogens with one attached hydrogen (secondary N) is 1. The first-order valence-electron chi connectivity index (χ1n) is 11.9. The van der Waals surface area contributed by atoms with Crippen molar-refractivity contribution in [1.29, 1.82) is 0 Å². The molecule has 2 fully saturated rings. The van der Waals surface area contributed by atoms with Crippen molar-refractivity contribution in [3.05, 3.63) is 53.6 Å². The van der Waals surface area contributed by atoms with Crippen LogP contribution in [0.5, 0.6) is 11.5 Å². The van der Waals surface area contributed by atoms with Crippen LogP contribution in [0, 0.1) is 0 Å². The predicted octanol–water partition coefficient (Wildman–Crippen LogP) is 3.91. The lowest BCUT2D eigenvalue weighted by atomic mass is 10.0. The Morgan fingerprint density at radius 3 is 2.53 bits per heavy atom. The second-order valence-corrected chi connectivity index (χ2v) is 9.28. The highest BCUT2D eigenvalue weighted by Crippen LogP contribution is 2.29. The number of aliphatic hydroxyl groups excluding tert-OH is 1. The summed E-state index contributed by atoms with van der Waals surface area (Å²) in [5.41, 5.74) is 3.18. The molecular formula is C26H32N2O4. The molecular weight excluding hydrogens is 404 g/mol. The molecule has 32 heavy (non-hydrogen) atoms. The van der Waals surface area contributed by atoms with E-state index in [1.165, 1.54) is 18.4 Å². The third-order valence-electron chi connectivity index (χ3n) is 6.80. The molecule has 2 heterocycles. The van der Waals surface area contributed by atoms with Gasteiger partial charge >= 0.3 is 0 Å². The van der Waals surface area contributed by atoms with Crippen molar-refractivity contribution in [1.82, 2.24) is 4.90 Å². The van der Waals surface area contributed by atoms with Crippen LogP contribution in [0.3, 0.4) is 0 Å². The highest BCUT2D eigenvalue weighted by molar-refractivity contribution is 5.94. The highest BCUT2D eigenvalue weighted by Gasteiger charge is 2.29. The van der Waals surface area contributed by atoms with Crippen LogP contribution in [0.25, 0.3) is 0 Å². The Labute approximate surface area is 189 Å². The van der Waals surface area contributed by atoms with Crippen molar-refractivity contribution >= 4 is 11.6 Å².